The summed E-state index contributed by atoms with van der Waals surface area (Å²) in [5.74, 6) is 0.431. The lowest BCUT2D eigenvalue weighted by atomic mass is 9.83. The number of likely N-dealkylation sites (tertiary alicyclic amines) is 1. The molecule has 1 aliphatic heterocycles. The fourth-order valence-corrected chi connectivity index (χ4v) is 2.34. The number of ether oxygens (including phenoxy) is 1. The first-order valence-corrected chi connectivity index (χ1v) is 6.53. The highest BCUT2D eigenvalue weighted by Gasteiger charge is 2.33. The smallest absolute Gasteiger partial charge is 0.410 e. The van der Waals surface area contributed by atoms with E-state index >= 15 is 0 Å². The molecule has 0 aliphatic carbocycles. The van der Waals surface area contributed by atoms with Gasteiger partial charge in [-0.05, 0) is 39.0 Å². The van der Waals surface area contributed by atoms with Crippen LogP contribution < -0.4 is 0 Å². The number of hydrogen-bond donors (Lipinski definition) is 1. The topological polar surface area (TPSA) is 49.8 Å². The number of rotatable bonds is 2. The van der Waals surface area contributed by atoms with Crippen LogP contribution >= 0.6 is 0 Å². The molecule has 4 heteroatoms. The highest BCUT2D eigenvalue weighted by atomic mass is 16.6. The van der Waals surface area contributed by atoms with Gasteiger partial charge in [0.25, 0.3) is 0 Å². The second-order valence-electron chi connectivity index (χ2n) is 6.08. The van der Waals surface area contributed by atoms with Crippen LogP contribution in [-0.2, 0) is 4.74 Å². The summed E-state index contributed by atoms with van der Waals surface area (Å²) in [5.41, 5.74) is -0.461. The third-order valence-corrected chi connectivity index (χ3v) is 3.30. The molecule has 104 valence electrons. The second kappa shape index (κ2) is 5.74. The van der Waals surface area contributed by atoms with Crippen LogP contribution in [0.1, 0.15) is 34.1 Å². The number of aliphatic hydroxyl groups is 1. The third-order valence-electron chi connectivity index (χ3n) is 3.30. The Labute approximate surface area is 110 Å². The maximum Gasteiger partial charge on any atom is 0.410 e. The van der Waals surface area contributed by atoms with Crippen LogP contribution in [0, 0.1) is 11.8 Å². The first-order valence-electron chi connectivity index (χ1n) is 6.53. The van der Waals surface area contributed by atoms with Crippen LogP contribution in [0.2, 0.25) is 0 Å². The van der Waals surface area contributed by atoms with Gasteiger partial charge < -0.3 is 14.7 Å². The quantitative estimate of drug-likeness (QED) is 0.771. The van der Waals surface area contributed by atoms with E-state index in [-0.39, 0.29) is 17.9 Å². The monoisotopic (exact) mass is 255 g/mol. The van der Waals surface area contributed by atoms with Crippen LogP contribution in [-0.4, -0.2) is 40.9 Å². The molecule has 1 amide bonds. The molecule has 0 aromatic rings. The van der Waals surface area contributed by atoms with E-state index < -0.39 is 11.7 Å². The molecule has 0 aromatic heterocycles. The molecule has 18 heavy (non-hydrogen) atoms. The number of carbonyl (C=O) groups is 1. The third kappa shape index (κ3) is 4.02. The van der Waals surface area contributed by atoms with Gasteiger partial charge in [-0.1, -0.05) is 13.0 Å². The average molecular weight is 255 g/mol. The highest BCUT2D eigenvalue weighted by Crippen LogP contribution is 2.27. The molecule has 4 nitrogen and oxygen atoms in total. The van der Waals surface area contributed by atoms with Crippen LogP contribution in [0.4, 0.5) is 4.79 Å². The van der Waals surface area contributed by atoms with E-state index in [2.05, 4.69) is 6.58 Å². The van der Waals surface area contributed by atoms with Crippen LogP contribution in [0.15, 0.2) is 12.7 Å². The molecule has 0 aromatic carbocycles. The normalized spacial score (nSPS) is 26.6. The molecular formula is C14H25NO3. The predicted octanol–water partition coefficient (Wildman–Crippen LogP) is 2.43. The van der Waals surface area contributed by atoms with E-state index in [0.717, 1.165) is 6.42 Å². The first-order chi connectivity index (χ1) is 8.24. The van der Waals surface area contributed by atoms with Crippen molar-refractivity contribution in [3.8, 4) is 0 Å². The molecule has 1 N–H and O–H groups in total. The fraction of sp³-hybridized carbons (Fsp3) is 0.786. The molecule has 0 radical (unpaired) electrons. The Hall–Kier alpha value is -1.03. The Kier molecular flexibility index (Phi) is 4.79. The van der Waals surface area contributed by atoms with E-state index in [9.17, 15) is 9.90 Å². The zero-order valence-electron chi connectivity index (χ0n) is 11.8. The first kappa shape index (κ1) is 15.0. The summed E-state index contributed by atoms with van der Waals surface area (Å²) in [4.78, 5) is 13.7. The summed E-state index contributed by atoms with van der Waals surface area (Å²) >= 11 is 0. The van der Waals surface area contributed by atoms with Crippen molar-refractivity contribution in [1.82, 2.24) is 4.90 Å². The standard InChI is InChI=1S/C14H25NO3/c1-6-12(16)11-7-8-15(9-10(11)2)13(17)18-14(3,4)5/h6,10-12,16H,1,7-9H2,2-5H3. The SMILES string of the molecule is C=CC(O)C1CCN(C(=O)OC(C)(C)C)CC1C. The molecule has 0 bridgehead atoms. The molecule has 1 rings (SSSR count). The number of piperidine rings is 1. The van der Waals surface area contributed by atoms with Crippen molar-refractivity contribution in [2.45, 2.75) is 45.8 Å². The predicted molar refractivity (Wildman–Crippen MR) is 71.3 cm³/mol. The summed E-state index contributed by atoms with van der Waals surface area (Å²) in [6, 6.07) is 0. The minimum atomic E-state index is -0.485. The number of aliphatic hydroxyl groups excluding tert-OH is 1. The minimum Gasteiger partial charge on any atom is -0.444 e. The minimum absolute atomic E-state index is 0.182. The van der Waals surface area contributed by atoms with Gasteiger partial charge in [0.1, 0.15) is 5.60 Å². The van der Waals surface area contributed by atoms with E-state index in [0.29, 0.717) is 13.1 Å². The Morgan fingerprint density at radius 1 is 1.56 bits per heavy atom. The zero-order valence-corrected chi connectivity index (χ0v) is 11.8. The lowest BCUT2D eigenvalue weighted by Gasteiger charge is -2.38. The highest BCUT2D eigenvalue weighted by molar-refractivity contribution is 5.68. The Balaban J connectivity index is 2.55. The Morgan fingerprint density at radius 3 is 2.61 bits per heavy atom. The van der Waals surface area contributed by atoms with Gasteiger partial charge in [0.15, 0.2) is 0 Å². The Bertz CT molecular complexity index is 309. The van der Waals surface area contributed by atoms with Crippen LogP contribution in [0.25, 0.3) is 0 Å². The molecule has 1 heterocycles. The van der Waals surface area contributed by atoms with Crippen LogP contribution in [0.3, 0.4) is 0 Å². The van der Waals surface area contributed by atoms with Gasteiger partial charge in [-0.3, -0.25) is 0 Å². The van der Waals surface area contributed by atoms with Gasteiger partial charge >= 0.3 is 6.09 Å². The van der Waals surface area contributed by atoms with Gasteiger partial charge in [-0.2, -0.15) is 0 Å². The zero-order chi connectivity index (χ0) is 13.9. The molecular weight excluding hydrogens is 230 g/mol. The maximum absolute atomic E-state index is 11.9. The van der Waals surface area contributed by atoms with Crippen molar-refractivity contribution in [1.29, 1.82) is 0 Å². The van der Waals surface area contributed by atoms with Crippen molar-refractivity contribution in [3.05, 3.63) is 12.7 Å². The maximum atomic E-state index is 11.9. The largest absolute Gasteiger partial charge is 0.444 e. The number of hydrogen-bond acceptors (Lipinski definition) is 3. The number of amides is 1. The molecule has 0 spiro atoms. The summed E-state index contributed by atoms with van der Waals surface area (Å²) < 4.78 is 5.35. The fourth-order valence-electron chi connectivity index (χ4n) is 2.34. The summed E-state index contributed by atoms with van der Waals surface area (Å²) in [7, 11) is 0. The molecule has 3 unspecified atom stereocenters. The summed E-state index contributed by atoms with van der Waals surface area (Å²) in [6.07, 6.45) is 1.61. The lowest BCUT2D eigenvalue weighted by molar-refractivity contribution is 0.000197. The average Bonchev–Trinajstić information content (AvgIpc) is 2.25. The van der Waals surface area contributed by atoms with E-state index in [1.54, 1.807) is 11.0 Å². The van der Waals surface area contributed by atoms with Gasteiger partial charge in [0.05, 0.1) is 6.10 Å². The van der Waals surface area contributed by atoms with Gasteiger partial charge in [0, 0.05) is 13.1 Å². The van der Waals surface area contributed by atoms with E-state index in [1.165, 1.54) is 0 Å². The van der Waals surface area contributed by atoms with Gasteiger partial charge in [-0.25, -0.2) is 4.79 Å². The van der Waals surface area contributed by atoms with Crippen LogP contribution in [0.5, 0.6) is 0 Å². The van der Waals surface area contributed by atoms with Crippen molar-refractivity contribution < 1.29 is 14.6 Å². The lowest BCUT2D eigenvalue weighted by Crippen LogP contribution is -2.47. The molecule has 1 fully saturated rings. The van der Waals surface area contributed by atoms with Crippen molar-refractivity contribution in [3.63, 3.8) is 0 Å². The summed E-state index contributed by atoms with van der Waals surface area (Å²) in [6.45, 7) is 12.5. The Morgan fingerprint density at radius 2 is 2.17 bits per heavy atom. The molecule has 1 saturated heterocycles. The number of carbonyl (C=O) groups excluding carboxylic acids is 1. The van der Waals surface area contributed by atoms with Gasteiger partial charge in [0.2, 0.25) is 0 Å². The van der Waals surface area contributed by atoms with E-state index in [4.69, 9.17) is 4.74 Å². The molecule has 1 aliphatic rings. The number of nitrogens with zero attached hydrogens (tertiary/aromatic N) is 1. The van der Waals surface area contributed by atoms with Crippen molar-refractivity contribution in [2.24, 2.45) is 11.8 Å². The van der Waals surface area contributed by atoms with Gasteiger partial charge in [-0.15, -0.1) is 6.58 Å². The molecule has 3 atom stereocenters. The molecule has 0 saturated carbocycles. The summed E-state index contributed by atoms with van der Waals surface area (Å²) in [5, 5.41) is 9.81. The van der Waals surface area contributed by atoms with Crippen molar-refractivity contribution in [2.75, 3.05) is 13.1 Å². The van der Waals surface area contributed by atoms with Crippen molar-refractivity contribution >= 4 is 6.09 Å². The van der Waals surface area contributed by atoms with E-state index in [1.807, 2.05) is 27.7 Å². The second-order valence-corrected chi connectivity index (χ2v) is 6.08.